The van der Waals surface area contributed by atoms with Crippen LogP contribution in [0.4, 0.5) is 0 Å². The molecule has 0 saturated heterocycles. The van der Waals surface area contributed by atoms with E-state index in [1.54, 1.807) is 4.57 Å². The second kappa shape index (κ2) is 9.97. The summed E-state index contributed by atoms with van der Waals surface area (Å²) in [5.74, 6) is 1.02. The van der Waals surface area contributed by atoms with E-state index in [9.17, 15) is 9.59 Å². The quantitative estimate of drug-likeness (QED) is 0.467. The molecule has 0 atom stereocenters. The molecular weight excluding hydrogens is 406 g/mol. The average Bonchev–Trinajstić information content (AvgIpc) is 3.62. The van der Waals surface area contributed by atoms with E-state index in [0.29, 0.717) is 43.7 Å². The van der Waals surface area contributed by atoms with Crippen LogP contribution in [-0.4, -0.2) is 41.2 Å². The maximum atomic E-state index is 13.4. The lowest BCUT2D eigenvalue weighted by molar-refractivity contribution is -0.119. The molecule has 1 amide bonds. The van der Waals surface area contributed by atoms with Crippen molar-refractivity contribution in [2.45, 2.75) is 38.9 Å². The van der Waals surface area contributed by atoms with Gasteiger partial charge in [0, 0.05) is 37.4 Å². The van der Waals surface area contributed by atoms with Crippen LogP contribution in [0, 0.1) is 0 Å². The molecule has 0 unspecified atom stereocenters. The van der Waals surface area contributed by atoms with Crippen LogP contribution in [0.5, 0.6) is 11.5 Å². The predicted molar refractivity (Wildman–Crippen MR) is 124 cm³/mol. The second-order valence-corrected chi connectivity index (χ2v) is 8.06. The van der Waals surface area contributed by atoms with Gasteiger partial charge in [0.05, 0.1) is 18.7 Å². The first-order valence-corrected chi connectivity index (χ1v) is 11.0. The number of para-hydroxylation sites is 1. The summed E-state index contributed by atoms with van der Waals surface area (Å²) in [6.07, 6.45) is 2.05. The molecule has 0 aliphatic heterocycles. The molecule has 3 aromatic rings. The SMILES string of the molecule is CCOCCn1c(=O)c(CN(CC(N)=O)C2CC2)cc2ccc(Oc3ccccc3)cc21. The van der Waals surface area contributed by atoms with E-state index < -0.39 is 0 Å². The van der Waals surface area contributed by atoms with E-state index >= 15 is 0 Å². The summed E-state index contributed by atoms with van der Waals surface area (Å²) < 4.78 is 13.2. The van der Waals surface area contributed by atoms with Crippen molar-refractivity contribution < 1.29 is 14.3 Å². The Morgan fingerprint density at radius 3 is 2.59 bits per heavy atom. The number of nitrogens with two attached hydrogens (primary N) is 1. The summed E-state index contributed by atoms with van der Waals surface area (Å²) in [5, 5.41) is 0.936. The van der Waals surface area contributed by atoms with Crippen LogP contribution in [0.15, 0.2) is 59.4 Å². The molecule has 2 aromatic carbocycles. The molecular formula is C25H29N3O4. The molecule has 2 N–H and O–H groups in total. The standard InChI is InChI=1S/C25H29N3O4/c1-2-31-13-12-28-23-15-22(32-21-6-4-3-5-7-21)11-8-18(23)14-19(25(28)30)16-27(17-24(26)29)20-9-10-20/h3-8,11,14-15,20H,2,9-10,12-13,16-17H2,1H3,(H2,26,29). The zero-order valence-corrected chi connectivity index (χ0v) is 18.3. The Balaban J connectivity index is 1.70. The maximum absolute atomic E-state index is 13.4. The smallest absolute Gasteiger partial charge is 0.255 e. The Kier molecular flexibility index (Phi) is 6.87. The van der Waals surface area contributed by atoms with Crippen LogP contribution in [0.25, 0.3) is 10.9 Å². The number of amides is 1. The number of benzene rings is 2. The van der Waals surface area contributed by atoms with Crippen LogP contribution in [0.2, 0.25) is 0 Å². The molecule has 1 saturated carbocycles. The normalized spacial score (nSPS) is 13.6. The highest BCUT2D eigenvalue weighted by molar-refractivity contribution is 5.81. The molecule has 1 aliphatic rings. The molecule has 168 valence electrons. The van der Waals surface area contributed by atoms with Crippen molar-refractivity contribution in [3.05, 3.63) is 70.5 Å². The van der Waals surface area contributed by atoms with Crippen molar-refractivity contribution in [1.82, 2.24) is 9.47 Å². The molecule has 1 heterocycles. The zero-order chi connectivity index (χ0) is 22.5. The van der Waals surface area contributed by atoms with Gasteiger partial charge in [0.15, 0.2) is 0 Å². The Morgan fingerprint density at radius 1 is 1.12 bits per heavy atom. The van der Waals surface area contributed by atoms with E-state index in [2.05, 4.69) is 0 Å². The van der Waals surface area contributed by atoms with Crippen LogP contribution < -0.4 is 16.0 Å². The highest BCUT2D eigenvalue weighted by Crippen LogP contribution is 2.29. The van der Waals surface area contributed by atoms with Gasteiger partial charge in [0.1, 0.15) is 11.5 Å². The van der Waals surface area contributed by atoms with Gasteiger partial charge in [-0.2, -0.15) is 0 Å². The number of hydrogen-bond acceptors (Lipinski definition) is 5. The molecule has 7 nitrogen and oxygen atoms in total. The molecule has 1 aromatic heterocycles. The minimum absolute atomic E-state index is 0.0795. The molecule has 1 aliphatic carbocycles. The van der Waals surface area contributed by atoms with E-state index in [-0.39, 0.29) is 18.0 Å². The Labute approximate surface area is 187 Å². The lowest BCUT2D eigenvalue weighted by atomic mass is 10.1. The third-order valence-corrected chi connectivity index (χ3v) is 5.58. The van der Waals surface area contributed by atoms with Crippen LogP contribution in [-0.2, 0) is 22.6 Å². The fourth-order valence-corrected chi connectivity index (χ4v) is 3.91. The first-order valence-electron chi connectivity index (χ1n) is 11.0. The van der Waals surface area contributed by atoms with Gasteiger partial charge in [0.25, 0.3) is 5.56 Å². The molecule has 1 fully saturated rings. The lowest BCUT2D eigenvalue weighted by Crippen LogP contribution is -2.37. The third-order valence-electron chi connectivity index (χ3n) is 5.58. The summed E-state index contributed by atoms with van der Waals surface area (Å²) in [5.41, 5.74) is 6.80. The van der Waals surface area contributed by atoms with Gasteiger partial charge in [0.2, 0.25) is 5.91 Å². The predicted octanol–water partition coefficient (Wildman–Crippen LogP) is 3.28. The van der Waals surface area contributed by atoms with Crippen molar-refractivity contribution >= 4 is 16.8 Å². The van der Waals surface area contributed by atoms with Gasteiger partial charge in [-0.25, -0.2) is 0 Å². The van der Waals surface area contributed by atoms with E-state index in [4.69, 9.17) is 15.2 Å². The van der Waals surface area contributed by atoms with E-state index in [1.807, 2.05) is 66.4 Å². The van der Waals surface area contributed by atoms with Gasteiger partial charge in [-0.15, -0.1) is 0 Å². The van der Waals surface area contributed by atoms with Gasteiger partial charge < -0.3 is 19.8 Å². The number of nitrogens with zero attached hydrogens (tertiary/aromatic N) is 2. The summed E-state index contributed by atoms with van der Waals surface area (Å²) in [6, 6.07) is 17.5. The van der Waals surface area contributed by atoms with E-state index in [0.717, 1.165) is 29.5 Å². The first kappa shape index (κ1) is 22.0. The number of hydrogen-bond donors (Lipinski definition) is 1. The highest BCUT2D eigenvalue weighted by Gasteiger charge is 2.30. The second-order valence-electron chi connectivity index (χ2n) is 8.06. The number of pyridine rings is 1. The monoisotopic (exact) mass is 435 g/mol. The number of fused-ring (bicyclic) bond motifs is 1. The zero-order valence-electron chi connectivity index (χ0n) is 18.3. The number of carbonyl (C=O) groups is 1. The number of carbonyl (C=O) groups excluding carboxylic acids is 1. The van der Waals surface area contributed by atoms with Crippen LogP contribution in [0.3, 0.4) is 0 Å². The van der Waals surface area contributed by atoms with Crippen molar-refractivity contribution in [1.29, 1.82) is 0 Å². The summed E-state index contributed by atoms with van der Waals surface area (Å²) in [4.78, 5) is 27.0. The van der Waals surface area contributed by atoms with Crippen molar-refractivity contribution in [3.63, 3.8) is 0 Å². The average molecular weight is 436 g/mol. The minimum atomic E-state index is -0.378. The lowest BCUT2D eigenvalue weighted by Gasteiger charge is -2.21. The van der Waals surface area contributed by atoms with Gasteiger partial charge in [-0.3, -0.25) is 14.5 Å². The molecule has 0 radical (unpaired) electrons. The number of primary amides is 1. The third kappa shape index (κ3) is 5.36. The number of ether oxygens (including phenoxy) is 2. The Morgan fingerprint density at radius 2 is 1.91 bits per heavy atom. The Bertz CT molecular complexity index is 1140. The molecule has 4 rings (SSSR count). The topological polar surface area (TPSA) is 86.8 Å². The van der Waals surface area contributed by atoms with Crippen molar-refractivity contribution in [2.24, 2.45) is 5.73 Å². The summed E-state index contributed by atoms with van der Waals surface area (Å²) >= 11 is 0. The maximum Gasteiger partial charge on any atom is 0.255 e. The van der Waals surface area contributed by atoms with Gasteiger partial charge in [-0.1, -0.05) is 18.2 Å². The Hall–Kier alpha value is -3.16. The fraction of sp³-hybridized carbons (Fsp3) is 0.360. The minimum Gasteiger partial charge on any atom is -0.457 e. The first-order chi connectivity index (χ1) is 15.5. The van der Waals surface area contributed by atoms with Gasteiger partial charge >= 0.3 is 0 Å². The number of aromatic nitrogens is 1. The van der Waals surface area contributed by atoms with Crippen molar-refractivity contribution in [3.8, 4) is 11.5 Å². The largest absolute Gasteiger partial charge is 0.457 e. The van der Waals surface area contributed by atoms with Crippen molar-refractivity contribution in [2.75, 3.05) is 19.8 Å². The summed E-state index contributed by atoms with van der Waals surface area (Å²) in [6.45, 7) is 3.95. The molecule has 0 bridgehead atoms. The molecule has 0 spiro atoms. The van der Waals surface area contributed by atoms with Gasteiger partial charge in [-0.05, 0) is 55.5 Å². The van der Waals surface area contributed by atoms with Crippen LogP contribution >= 0.6 is 0 Å². The van der Waals surface area contributed by atoms with E-state index in [1.165, 1.54) is 0 Å². The summed E-state index contributed by atoms with van der Waals surface area (Å²) in [7, 11) is 0. The van der Waals surface area contributed by atoms with Crippen LogP contribution in [0.1, 0.15) is 25.3 Å². The molecule has 32 heavy (non-hydrogen) atoms. The molecule has 7 heteroatoms. The number of rotatable bonds is 11. The fourth-order valence-electron chi connectivity index (χ4n) is 3.91. The highest BCUT2D eigenvalue weighted by atomic mass is 16.5.